The molecule has 0 aliphatic carbocycles. The van der Waals surface area contributed by atoms with Gasteiger partial charge in [-0.2, -0.15) is 0 Å². The van der Waals surface area contributed by atoms with E-state index in [1.165, 1.54) is 89.9 Å². The van der Waals surface area contributed by atoms with Gasteiger partial charge in [0.2, 0.25) is 0 Å². The van der Waals surface area contributed by atoms with E-state index in [2.05, 4.69) is 34.6 Å². The van der Waals surface area contributed by atoms with Gasteiger partial charge in [-0.1, -0.05) is 234 Å². The molecule has 0 aromatic rings. The summed E-state index contributed by atoms with van der Waals surface area (Å²) in [7, 11) is -9.86. The minimum absolute atomic E-state index is 0.103. The van der Waals surface area contributed by atoms with E-state index in [0.29, 0.717) is 25.7 Å². The van der Waals surface area contributed by atoms with Gasteiger partial charge in [-0.05, 0) is 31.6 Å². The molecular weight excluding hydrogens is 1030 g/mol. The molecule has 0 bridgehead atoms. The highest BCUT2D eigenvalue weighted by Gasteiger charge is 2.30. The molecule has 0 heterocycles. The second kappa shape index (κ2) is 52.2. The van der Waals surface area contributed by atoms with Gasteiger partial charge < -0.3 is 33.8 Å². The summed E-state index contributed by atoms with van der Waals surface area (Å²) in [6.45, 7) is 7.04. The first-order valence-electron chi connectivity index (χ1n) is 30.7. The van der Waals surface area contributed by atoms with E-state index in [0.717, 1.165) is 115 Å². The molecule has 0 saturated carbocycles. The third-order valence-electron chi connectivity index (χ3n) is 13.6. The van der Waals surface area contributed by atoms with Crippen LogP contribution in [0.15, 0.2) is 0 Å². The Labute approximate surface area is 467 Å². The third-order valence-corrected chi connectivity index (χ3v) is 15.5. The van der Waals surface area contributed by atoms with Crippen LogP contribution in [0.3, 0.4) is 0 Å². The average Bonchev–Trinajstić information content (AvgIpc) is 3.40. The zero-order valence-electron chi connectivity index (χ0n) is 49.1. The lowest BCUT2D eigenvalue weighted by molar-refractivity contribution is -0.161. The molecule has 17 nitrogen and oxygen atoms in total. The molecule has 77 heavy (non-hydrogen) atoms. The Bertz CT molecular complexity index is 1520. The second-order valence-electron chi connectivity index (χ2n) is 21.3. The maximum Gasteiger partial charge on any atom is 0.472 e. The maximum absolute atomic E-state index is 12.9. The topological polar surface area (TPSA) is 237 Å². The molecule has 0 aliphatic heterocycles. The molecule has 0 saturated heterocycles. The Morgan fingerprint density at radius 3 is 0.922 bits per heavy atom. The number of carbonyl (C=O) groups is 4. The predicted molar refractivity (Wildman–Crippen MR) is 303 cm³/mol. The van der Waals surface area contributed by atoms with Crippen molar-refractivity contribution in [2.45, 2.75) is 303 Å². The van der Waals surface area contributed by atoms with Gasteiger partial charge >= 0.3 is 39.5 Å². The molecular formula is C58H112O17P2. The monoisotopic (exact) mass is 1140 g/mol. The van der Waals surface area contributed by atoms with Crippen molar-refractivity contribution >= 4 is 39.5 Å². The fourth-order valence-corrected chi connectivity index (χ4v) is 10.1. The fraction of sp³-hybridized carbons (Fsp3) is 0.931. The lowest BCUT2D eigenvalue weighted by atomic mass is 9.99. The summed E-state index contributed by atoms with van der Waals surface area (Å²) in [5.74, 6) is -1.35. The van der Waals surface area contributed by atoms with Crippen LogP contribution in [0, 0.1) is 5.92 Å². The van der Waals surface area contributed by atoms with Crippen molar-refractivity contribution < 1.29 is 80.2 Å². The summed E-state index contributed by atoms with van der Waals surface area (Å²) in [6, 6.07) is 0. The third kappa shape index (κ3) is 51.9. The largest absolute Gasteiger partial charge is 0.472 e. The lowest BCUT2D eigenvalue weighted by Gasteiger charge is -2.21. The van der Waals surface area contributed by atoms with Crippen LogP contribution in [0.2, 0.25) is 0 Å². The number of aliphatic hydroxyl groups is 1. The number of hydrogen-bond donors (Lipinski definition) is 3. The minimum atomic E-state index is -4.94. The Hall–Kier alpha value is -1.94. The number of rotatable bonds is 58. The number of unbranched alkanes of at least 4 members (excludes halogenated alkanes) is 29. The van der Waals surface area contributed by atoms with Crippen LogP contribution >= 0.6 is 15.6 Å². The minimum Gasteiger partial charge on any atom is -0.462 e. The van der Waals surface area contributed by atoms with E-state index in [4.69, 9.17) is 37.0 Å². The lowest BCUT2D eigenvalue weighted by Crippen LogP contribution is -2.30. The van der Waals surface area contributed by atoms with Crippen molar-refractivity contribution in [2.24, 2.45) is 5.92 Å². The van der Waals surface area contributed by atoms with Gasteiger partial charge in [0.15, 0.2) is 12.2 Å². The number of carbonyl (C=O) groups excluding carboxylic acids is 4. The van der Waals surface area contributed by atoms with Crippen LogP contribution in [0.4, 0.5) is 0 Å². The molecule has 0 aliphatic rings. The Morgan fingerprint density at radius 1 is 0.364 bits per heavy atom. The SMILES string of the molecule is CCCCCCCCCCCCCC(=O)OC[C@H](COP(=O)(O)OC[C@@H](O)COP(=O)(O)OC[C@@H](COC(=O)CCCCCCC)OC(=O)CCCCCCCCC)OC(=O)CCCCCCCCCCCCC(C)CC. The molecule has 0 fully saturated rings. The predicted octanol–water partition coefficient (Wildman–Crippen LogP) is 15.5. The van der Waals surface area contributed by atoms with Crippen molar-refractivity contribution in [3.8, 4) is 0 Å². The summed E-state index contributed by atoms with van der Waals surface area (Å²) in [5.41, 5.74) is 0. The Morgan fingerprint density at radius 2 is 0.623 bits per heavy atom. The van der Waals surface area contributed by atoms with Gasteiger partial charge in [0, 0.05) is 25.7 Å². The van der Waals surface area contributed by atoms with Crippen molar-refractivity contribution in [2.75, 3.05) is 39.6 Å². The molecule has 3 unspecified atom stereocenters. The maximum atomic E-state index is 12.9. The molecule has 0 spiro atoms. The number of hydrogen-bond acceptors (Lipinski definition) is 15. The van der Waals surface area contributed by atoms with Gasteiger partial charge in [0.1, 0.15) is 19.3 Å². The van der Waals surface area contributed by atoms with Crippen molar-refractivity contribution in [3.05, 3.63) is 0 Å². The van der Waals surface area contributed by atoms with Crippen molar-refractivity contribution in [3.63, 3.8) is 0 Å². The molecule has 0 radical (unpaired) electrons. The highest BCUT2D eigenvalue weighted by molar-refractivity contribution is 7.47. The van der Waals surface area contributed by atoms with Crippen LogP contribution in [0.25, 0.3) is 0 Å². The summed E-state index contributed by atoms with van der Waals surface area (Å²) in [4.78, 5) is 71.6. The summed E-state index contributed by atoms with van der Waals surface area (Å²) < 4.78 is 67.4. The van der Waals surface area contributed by atoms with Gasteiger partial charge in [0.05, 0.1) is 26.4 Å². The molecule has 3 N–H and O–H groups in total. The molecule has 6 atom stereocenters. The molecule has 19 heteroatoms. The first kappa shape index (κ1) is 75.1. The first-order chi connectivity index (χ1) is 37.1. The van der Waals surface area contributed by atoms with E-state index in [-0.39, 0.29) is 25.7 Å². The van der Waals surface area contributed by atoms with Crippen LogP contribution in [0.5, 0.6) is 0 Å². The summed E-state index contributed by atoms with van der Waals surface area (Å²) >= 11 is 0. The second-order valence-corrected chi connectivity index (χ2v) is 24.2. The van der Waals surface area contributed by atoms with Crippen LogP contribution in [-0.4, -0.2) is 96.7 Å². The number of ether oxygens (including phenoxy) is 4. The zero-order chi connectivity index (χ0) is 57.1. The van der Waals surface area contributed by atoms with E-state index < -0.39 is 97.5 Å². The summed E-state index contributed by atoms with van der Waals surface area (Å²) in [5, 5.41) is 10.5. The van der Waals surface area contributed by atoms with Gasteiger partial charge in [0.25, 0.3) is 0 Å². The number of phosphoric ester groups is 2. The quantitative estimate of drug-likeness (QED) is 0.0222. The Balaban J connectivity index is 5.17. The highest BCUT2D eigenvalue weighted by atomic mass is 31.2. The molecule has 0 rings (SSSR count). The van der Waals surface area contributed by atoms with Gasteiger partial charge in [-0.15, -0.1) is 0 Å². The van der Waals surface area contributed by atoms with E-state index in [9.17, 15) is 43.2 Å². The van der Waals surface area contributed by atoms with Gasteiger partial charge in [-0.3, -0.25) is 37.3 Å². The molecule has 0 amide bonds. The van der Waals surface area contributed by atoms with E-state index in [1.54, 1.807) is 0 Å². The fourth-order valence-electron chi connectivity index (χ4n) is 8.49. The molecule has 0 aromatic heterocycles. The standard InChI is InChI=1S/C58H112O17P2/c1-6-10-13-16-18-19-20-24-28-32-37-42-56(61)69-48-54(75-58(63)44-39-34-29-25-22-21-23-27-31-35-40-51(5)9-4)50-73-77(66,67)71-46-52(59)45-70-76(64,65)72-49-53(47-68-55(60)41-36-30-15-12-8-3)74-57(62)43-38-33-26-17-14-11-7-2/h51-54,59H,6-50H2,1-5H3,(H,64,65)(H,66,67)/t51?,52-,53+,54+/m0/s1. The highest BCUT2D eigenvalue weighted by Crippen LogP contribution is 2.45. The van der Waals surface area contributed by atoms with Gasteiger partial charge in [-0.25, -0.2) is 9.13 Å². The normalized spacial score (nSPS) is 14.8. The van der Waals surface area contributed by atoms with Crippen LogP contribution < -0.4 is 0 Å². The first-order valence-corrected chi connectivity index (χ1v) is 33.7. The van der Waals surface area contributed by atoms with Crippen molar-refractivity contribution in [1.82, 2.24) is 0 Å². The zero-order valence-corrected chi connectivity index (χ0v) is 50.9. The smallest absolute Gasteiger partial charge is 0.462 e. The van der Waals surface area contributed by atoms with Crippen molar-refractivity contribution in [1.29, 1.82) is 0 Å². The molecule has 456 valence electrons. The average molecular weight is 1140 g/mol. The summed E-state index contributed by atoms with van der Waals surface area (Å²) in [6.07, 6.45) is 33.8. The number of esters is 4. The Kier molecular flexibility index (Phi) is 50.8. The van der Waals surface area contributed by atoms with E-state index in [1.807, 2.05) is 0 Å². The van der Waals surface area contributed by atoms with Crippen LogP contribution in [-0.2, 0) is 65.4 Å². The molecule has 0 aromatic carbocycles. The number of aliphatic hydroxyl groups excluding tert-OH is 1. The van der Waals surface area contributed by atoms with Crippen LogP contribution in [0.1, 0.15) is 285 Å². The number of phosphoric acid groups is 2. The van der Waals surface area contributed by atoms with E-state index >= 15 is 0 Å².